The molecule has 0 saturated heterocycles. The highest BCUT2D eigenvalue weighted by atomic mass is 32.2. The summed E-state index contributed by atoms with van der Waals surface area (Å²) in [6.45, 7) is 9.03. The van der Waals surface area contributed by atoms with Crippen molar-refractivity contribution in [2.75, 3.05) is 5.75 Å². The van der Waals surface area contributed by atoms with Gasteiger partial charge >= 0.3 is 0 Å². The van der Waals surface area contributed by atoms with Crippen LogP contribution in [0.4, 0.5) is 0 Å². The standard InChI is InChI=1S/C19H28N2OS/c1-15(2)9-12-23-18-7-5-17(6-8-18)16(3)19(4,22)13-21-11-10-20-14-21/h5-8,10-11,14-16,22H,9,12-13H2,1-4H3. The van der Waals surface area contributed by atoms with Gasteiger partial charge in [0.15, 0.2) is 0 Å². The van der Waals surface area contributed by atoms with E-state index in [1.54, 1.807) is 12.5 Å². The minimum atomic E-state index is -0.812. The lowest BCUT2D eigenvalue weighted by molar-refractivity contribution is 0.0188. The molecule has 0 bridgehead atoms. The minimum absolute atomic E-state index is 0.0552. The molecule has 0 spiro atoms. The number of nitrogens with zero attached hydrogens (tertiary/aromatic N) is 2. The zero-order valence-corrected chi connectivity index (χ0v) is 15.4. The smallest absolute Gasteiger partial charge is 0.0946 e. The Labute approximate surface area is 144 Å². The third kappa shape index (κ3) is 5.40. The Balaban J connectivity index is 1.97. The van der Waals surface area contributed by atoms with Gasteiger partial charge in [-0.15, -0.1) is 11.8 Å². The largest absolute Gasteiger partial charge is 0.388 e. The number of imidazole rings is 1. The SMILES string of the molecule is CC(C)CCSc1ccc(C(C)C(C)(O)Cn2ccnc2)cc1. The quantitative estimate of drug-likeness (QED) is 0.719. The van der Waals surface area contributed by atoms with Crippen molar-refractivity contribution in [3.63, 3.8) is 0 Å². The normalized spacial score (nSPS) is 15.6. The molecule has 0 radical (unpaired) electrons. The number of rotatable bonds is 8. The first kappa shape index (κ1) is 18.1. The van der Waals surface area contributed by atoms with Crippen LogP contribution in [0.1, 0.15) is 45.6 Å². The second-order valence-electron chi connectivity index (χ2n) is 6.91. The van der Waals surface area contributed by atoms with E-state index < -0.39 is 5.60 Å². The van der Waals surface area contributed by atoms with E-state index in [-0.39, 0.29) is 5.92 Å². The number of aliphatic hydroxyl groups is 1. The molecule has 0 amide bonds. The van der Waals surface area contributed by atoms with Gasteiger partial charge in [-0.1, -0.05) is 32.9 Å². The molecular formula is C19H28N2OS. The summed E-state index contributed by atoms with van der Waals surface area (Å²) in [6.07, 6.45) is 6.61. The predicted molar refractivity (Wildman–Crippen MR) is 97.9 cm³/mol. The fraction of sp³-hybridized carbons (Fsp3) is 0.526. The maximum atomic E-state index is 10.8. The molecule has 3 nitrogen and oxygen atoms in total. The maximum Gasteiger partial charge on any atom is 0.0946 e. The van der Waals surface area contributed by atoms with Gasteiger partial charge in [-0.3, -0.25) is 0 Å². The molecule has 1 N–H and O–H groups in total. The average Bonchev–Trinajstić information content (AvgIpc) is 2.99. The van der Waals surface area contributed by atoms with Gasteiger partial charge < -0.3 is 9.67 Å². The van der Waals surface area contributed by atoms with Crippen LogP contribution in [0, 0.1) is 5.92 Å². The lowest BCUT2D eigenvalue weighted by atomic mass is 9.85. The van der Waals surface area contributed by atoms with E-state index in [1.165, 1.54) is 16.9 Å². The van der Waals surface area contributed by atoms with Gasteiger partial charge in [0, 0.05) is 23.2 Å². The summed E-state index contributed by atoms with van der Waals surface area (Å²) in [4.78, 5) is 5.34. The molecule has 2 aromatic rings. The maximum absolute atomic E-state index is 10.8. The number of benzene rings is 1. The van der Waals surface area contributed by atoms with Crippen LogP contribution in [0.15, 0.2) is 47.9 Å². The number of aromatic nitrogens is 2. The fourth-order valence-electron chi connectivity index (χ4n) is 2.51. The lowest BCUT2D eigenvalue weighted by Gasteiger charge is -2.31. The Morgan fingerprint density at radius 2 is 1.91 bits per heavy atom. The van der Waals surface area contributed by atoms with Crippen LogP contribution < -0.4 is 0 Å². The van der Waals surface area contributed by atoms with Crippen LogP contribution in [-0.2, 0) is 6.54 Å². The lowest BCUT2D eigenvalue weighted by Crippen LogP contribution is -2.35. The Morgan fingerprint density at radius 3 is 2.48 bits per heavy atom. The topological polar surface area (TPSA) is 38.0 Å². The van der Waals surface area contributed by atoms with Crippen molar-refractivity contribution in [2.45, 2.75) is 57.1 Å². The van der Waals surface area contributed by atoms with Crippen molar-refractivity contribution in [3.8, 4) is 0 Å². The molecule has 0 aliphatic rings. The molecular weight excluding hydrogens is 304 g/mol. The summed E-state index contributed by atoms with van der Waals surface area (Å²) < 4.78 is 1.92. The third-order valence-corrected chi connectivity index (χ3v) is 5.38. The summed E-state index contributed by atoms with van der Waals surface area (Å²) >= 11 is 1.91. The second kappa shape index (κ2) is 8.02. The van der Waals surface area contributed by atoms with E-state index in [0.717, 1.165) is 11.7 Å². The third-order valence-electron chi connectivity index (χ3n) is 4.34. The van der Waals surface area contributed by atoms with Gasteiger partial charge in [0.25, 0.3) is 0 Å². The van der Waals surface area contributed by atoms with E-state index in [2.05, 4.69) is 50.0 Å². The van der Waals surface area contributed by atoms with Gasteiger partial charge in [0.05, 0.1) is 18.5 Å². The van der Waals surface area contributed by atoms with E-state index in [9.17, 15) is 5.11 Å². The van der Waals surface area contributed by atoms with Crippen molar-refractivity contribution in [1.82, 2.24) is 9.55 Å². The molecule has 2 atom stereocenters. The fourth-order valence-corrected chi connectivity index (χ4v) is 3.66. The second-order valence-corrected chi connectivity index (χ2v) is 8.08. The summed E-state index contributed by atoms with van der Waals surface area (Å²) in [7, 11) is 0. The van der Waals surface area contributed by atoms with Crippen LogP contribution in [0.3, 0.4) is 0 Å². The van der Waals surface area contributed by atoms with Crippen molar-refractivity contribution in [3.05, 3.63) is 48.5 Å². The Bertz CT molecular complexity index is 576. The van der Waals surface area contributed by atoms with Crippen molar-refractivity contribution in [1.29, 1.82) is 0 Å². The van der Waals surface area contributed by atoms with Gasteiger partial charge in [0.2, 0.25) is 0 Å². The molecule has 23 heavy (non-hydrogen) atoms. The zero-order chi connectivity index (χ0) is 16.9. The molecule has 4 heteroatoms. The van der Waals surface area contributed by atoms with Crippen LogP contribution >= 0.6 is 11.8 Å². The predicted octanol–water partition coefficient (Wildman–Crippen LogP) is 4.58. The van der Waals surface area contributed by atoms with Gasteiger partial charge in [-0.05, 0) is 42.7 Å². The van der Waals surface area contributed by atoms with E-state index in [1.807, 2.05) is 29.4 Å². The monoisotopic (exact) mass is 332 g/mol. The molecule has 126 valence electrons. The van der Waals surface area contributed by atoms with Crippen molar-refractivity contribution < 1.29 is 5.11 Å². The van der Waals surface area contributed by atoms with Gasteiger partial charge in [-0.2, -0.15) is 0 Å². The van der Waals surface area contributed by atoms with Crippen LogP contribution in [0.5, 0.6) is 0 Å². The van der Waals surface area contributed by atoms with Gasteiger partial charge in [0.1, 0.15) is 0 Å². The molecule has 0 aliphatic heterocycles. The van der Waals surface area contributed by atoms with Crippen molar-refractivity contribution >= 4 is 11.8 Å². The van der Waals surface area contributed by atoms with Crippen LogP contribution in [0.25, 0.3) is 0 Å². The number of thioether (sulfide) groups is 1. The summed E-state index contributed by atoms with van der Waals surface area (Å²) in [5.41, 5.74) is 0.357. The van der Waals surface area contributed by atoms with Gasteiger partial charge in [-0.25, -0.2) is 4.98 Å². The molecule has 1 heterocycles. The Kier molecular flexibility index (Phi) is 6.31. The summed E-state index contributed by atoms with van der Waals surface area (Å²) in [5.74, 6) is 1.96. The zero-order valence-electron chi connectivity index (χ0n) is 14.6. The molecule has 0 aliphatic carbocycles. The van der Waals surface area contributed by atoms with E-state index >= 15 is 0 Å². The average molecular weight is 333 g/mol. The Morgan fingerprint density at radius 1 is 1.22 bits per heavy atom. The van der Waals surface area contributed by atoms with Crippen molar-refractivity contribution in [2.24, 2.45) is 5.92 Å². The number of hydrogen-bond donors (Lipinski definition) is 1. The highest BCUT2D eigenvalue weighted by Crippen LogP contribution is 2.31. The summed E-state index contributed by atoms with van der Waals surface area (Å²) in [6, 6.07) is 8.63. The Hall–Kier alpha value is -1.26. The highest BCUT2D eigenvalue weighted by molar-refractivity contribution is 7.99. The minimum Gasteiger partial charge on any atom is -0.388 e. The molecule has 0 fully saturated rings. The van der Waals surface area contributed by atoms with E-state index in [0.29, 0.717) is 6.54 Å². The molecule has 2 rings (SSSR count). The molecule has 1 aromatic heterocycles. The van der Waals surface area contributed by atoms with E-state index in [4.69, 9.17) is 0 Å². The molecule has 0 saturated carbocycles. The van der Waals surface area contributed by atoms with Crippen LogP contribution in [-0.4, -0.2) is 26.0 Å². The first-order valence-corrected chi connectivity index (χ1v) is 9.28. The molecule has 1 aromatic carbocycles. The highest BCUT2D eigenvalue weighted by Gasteiger charge is 2.29. The van der Waals surface area contributed by atoms with Crippen LogP contribution in [0.2, 0.25) is 0 Å². The molecule has 2 unspecified atom stereocenters. The first-order chi connectivity index (χ1) is 10.9. The summed E-state index contributed by atoms with van der Waals surface area (Å²) in [5, 5.41) is 10.8. The first-order valence-electron chi connectivity index (χ1n) is 8.29. The number of hydrogen-bond acceptors (Lipinski definition) is 3.